The first kappa shape index (κ1) is 21.1. The van der Waals surface area contributed by atoms with Gasteiger partial charge in [0.15, 0.2) is 11.5 Å². The van der Waals surface area contributed by atoms with Crippen LogP contribution in [0.1, 0.15) is 30.4 Å². The molecule has 5 rings (SSSR count). The van der Waals surface area contributed by atoms with Crippen LogP contribution in [0.3, 0.4) is 0 Å². The molecule has 1 fully saturated rings. The Bertz CT molecular complexity index is 1140. The Morgan fingerprint density at radius 2 is 1.81 bits per heavy atom. The highest BCUT2D eigenvalue weighted by Crippen LogP contribution is 2.37. The molecule has 3 aromatic carbocycles. The van der Waals surface area contributed by atoms with E-state index in [1.54, 1.807) is 6.07 Å². The summed E-state index contributed by atoms with van der Waals surface area (Å²) in [5.41, 5.74) is 2.22. The molecule has 3 aromatic rings. The van der Waals surface area contributed by atoms with Crippen LogP contribution in [-0.2, 0) is 17.9 Å². The van der Waals surface area contributed by atoms with Crippen LogP contribution >= 0.6 is 11.6 Å². The summed E-state index contributed by atoms with van der Waals surface area (Å²) in [6, 6.07) is 19.0. The zero-order valence-corrected chi connectivity index (χ0v) is 19.0. The predicted octanol–water partition coefficient (Wildman–Crippen LogP) is 5.24. The van der Waals surface area contributed by atoms with Crippen LogP contribution in [0.15, 0.2) is 54.6 Å². The van der Waals surface area contributed by atoms with E-state index in [1.807, 2.05) is 11.0 Å². The average molecular weight is 451 g/mol. The van der Waals surface area contributed by atoms with Gasteiger partial charge in [0.1, 0.15) is 0 Å². The van der Waals surface area contributed by atoms with E-state index in [-0.39, 0.29) is 12.7 Å². The Kier molecular flexibility index (Phi) is 5.94. The second-order valence-corrected chi connectivity index (χ2v) is 9.05. The van der Waals surface area contributed by atoms with E-state index in [0.717, 1.165) is 24.9 Å². The SMILES string of the molecule is CN(Cc1cccc2ccccc12)C1CCC(=O)N(Cc2cc3c(cc2Cl)OCO3)CC1. The van der Waals surface area contributed by atoms with Crippen molar-refractivity contribution in [1.82, 2.24) is 9.80 Å². The predicted molar refractivity (Wildman–Crippen MR) is 126 cm³/mol. The molecule has 1 amide bonds. The van der Waals surface area contributed by atoms with Crippen molar-refractivity contribution < 1.29 is 14.3 Å². The number of carbonyl (C=O) groups excluding carboxylic acids is 1. The third-order valence-corrected chi connectivity index (χ3v) is 6.95. The Morgan fingerprint density at radius 1 is 1.03 bits per heavy atom. The number of halogens is 1. The Balaban J connectivity index is 1.26. The number of nitrogens with zero attached hydrogens (tertiary/aromatic N) is 2. The lowest BCUT2D eigenvalue weighted by Gasteiger charge is -2.28. The molecule has 2 aliphatic heterocycles. The van der Waals surface area contributed by atoms with Gasteiger partial charge in [-0.05, 0) is 47.9 Å². The maximum absolute atomic E-state index is 12.9. The van der Waals surface area contributed by atoms with Gasteiger partial charge in [-0.15, -0.1) is 0 Å². The molecule has 0 spiro atoms. The summed E-state index contributed by atoms with van der Waals surface area (Å²) in [7, 11) is 2.17. The van der Waals surface area contributed by atoms with Crippen molar-refractivity contribution in [2.45, 2.75) is 38.4 Å². The van der Waals surface area contributed by atoms with Crippen molar-refractivity contribution in [3.63, 3.8) is 0 Å². The number of hydrogen-bond acceptors (Lipinski definition) is 4. The zero-order valence-electron chi connectivity index (χ0n) is 18.2. The van der Waals surface area contributed by atoms with Gasteiger partial charge in [-0.3, -0.25) is 9.69 Å². The maximum atomic E-state index is 12.9. The molecule has 0 aliphatic carbocycles. The smallest absolute Gasteiger partial charge is 0.231 e. The molecule has 1 atom stereocenters. The van der Waals surface area contributed by atoms with E-state index in [9.17, 15) is 4.79 Å². The van der Waals surface area contributed by atoms with Gasteiger partial charge < -0.3 is 14.4 Å². The zero-order chi connectivity index (χ0) is 22.1. The van der Waals surface area contributed by atoms with Gasteiger partial charge in [0, 0.05) is 43.2 Å². The minimum absolute atomic E-state index is 0.180. The molecule has 2 aliphatic rings. The standard InChI is InChI=1S/C26H27ClN2O3/c1-28(15-19-7-4-6-18-5-2-3-8-22(18)19)21-9-10-26(30)29(12-11-21)16-20-13-24-25(14-23(20)27)32-17-31-24/h2-8,13-14,21H,9-12,15-17H2,1H3. The van der Waals surface area contributed by atoms with Crippen LogP contribution in [-0.4, -0.2) is 42.1 Å². The maximum Gasteiger partial charge on any atom is 0.231 e. The molecule has 0 saturated carbocycles. The van der Waals surface area contributed by atoms with Gasteiger partial charge in [-0.25, -0.2) is 0 Å². The monoisotopic (exact) mass is 450 g/mol. The lowest BCUT2D eigenvalue weighted by Crippen LogP contribution is -2.33. The quantitative estimate of drug-likeness (QED) is 0.533. The molecular formula is C26H27ClN2O3. The van der Waals surface area contributed by atoms with Crippen LogP contribution < -0.4 is 9.47 Å². The molecule has 2 heterocycles. The summed E-state index contributed by atoms with van der Waals surface area (Å²) in [4.78, 5) is 17.2. The molecule has 1 saturated heterocycles. The van der Waals surface area contributed by atoms with Crippen LogP contribution in [0.5, 0.6) is 11.5 Å². The van der Waals surface area contributed by atoms with Gasteiger partial charge in [-0.2, -0.15) is 0 Å². The number of hydrogen-bond donors (Lipinski definition) is 0. The number of rotatable bonds is 5. The van der Waals surface area contributed by atoms with Gasteiger partial charge >= 0.3 is 0 Å². The number of amides is 1. The summed E-state index contributed by atoms with van der Waals surface area (Å²) in [5, 5.41) is 3.17. The number of fused-ring (bicyclic) bond motifs is 2. The minimum Gasteiger partial charge on any atom is -0.454 e. The average Bonchev–Trinajstić information content (AvgIpc) is 3.16. The second kappa shape index (κ2) is 9.00. The molecule has 32 heavy (non-hydrogen) atoms. The van der Waals surface area contributed by atoms with E-state index in [0.29, 0.717) is 42.1 Å². The second-order valence-electron chi connectivity index (χ2n) is 8.65. The van der Waals surface area contributed by atoms with Crippen molar-refractivity contribution in [3.05, 3.63) is 70.7 Å². The Morgan fingerprint density at radius 3 is 2.69 bits per heavy atom. The lowest BCUT2D eigenvalue weighted by molar-refractivity contribution is -0.131. The van der Waals surface area contributed by atoms with E-state index in [4.69, 9.17) is 21.1 Å². The van der Waals surface area contributed by atoms with E-state index in [2.05, 4.69) is 54.4 Å². The first-order valence-electron chi connectivity index (χ1n) is 11.1. The van der Waals surface area contributed by atoms with Gasteiger partial charge in [0.2, 0.25) is 12.7 Å². The van der Waals surface area contributed by atoms with Gasteiger partial charge in [0.05, 0.1) is 0 Å². The topological polar surface area (TPSA) is 42.0 Å². The molecule has 0 aromatic heterocycles. The van der Waals surface area contributed by atoms with Gasteiger partial charge in [-0.1, -0.05) is 54.1 Å². The molecule has 1 unspecified atom stereocenters. The van der Waals surface area contributed by atoms with Crippen LogP contribution in [0.25, 0.3) is 10.8 Å². The molecule has 5 nitrogen and oxygen atoms in total. The Hall–Kier alpha value is -2.76. The third-order valence-electron chi connectivity index (χ3n) is 6.60. The molecule has 166 valence electrons. The number of benzene rings is 3. The largest absolute Gasteiger partial charge is 0.454 e. The van der Waals surface area contributed by atoms with Crippen molar-refractivity contribution >= 4 is 28.3 Å². The van der Waals surface area contributed by atoms with E-state index >= 15 is 0 Å². The van der Waals surface area contributed by atoms with Crippen molar-refractivity contribution in [2.24, 2.45) is 0 Å². The molecular weight excluding hydrogens is 424 g/mol. The lowest BCUT2D eigenvalue weighted by atomic mass is 10.0. The minimum atomic E-state index is 0.180. The summed E-state index contributed by atoms with van der Waals surface area (Å²) in [6.45, 7) is 2.29. The fraction of sp³-hybridized carbons (Fsp3) is 0.346. The third kappa shape index (κ3) is 4.27. The molecule has 6 heteroatoms. The summed E-state index contributed by atoms with van der Waals surface area (Å²) in [6.07, 6.45) is 2.35. The summed E-state index contributed by atoms with van der Waals surface area (Å²) < 4.78 is 10.9. The normalized spacial score (nSPS) is 18.4. The fourth-order valence-corrected chi connectivity index (χ4v) is 4.96. The molecule has 0 N–H and O–H groups in total. The van der Waals surface area contributed by atoms with Crippen molar-refractivity contribution in [1.29, 1.82) is 0 Å². The van der Waals surface area contributed by atoms with E-state index in [1.165, 1.54) is 16.3 Å². The van der Waals surface area contributed by atoms with Crippen molar-refractivity contribution in [3.8, 4) is 11.5 Å². The van der Waals surface area contributed by atoms with Gasteiger partial charge in [0.25, 0.3) is 0 Å². The van der Waals surface area contributed by atoms with Crippen LogP contribution in [0.4, 0.5) is 0 Å². The van der Waals surface area contributed by atoms with Crippen molar-refractivity contribution in [2.75, 3.05) is 20.4 Å². The number of carbonyl (C=O) groups is 1. The summed E-state index contributed by atoms with van der Waals surface area (Å²) >= 11 is 6.45. The first-order valence-corrected chi connectivity index (χ1v) is 11.5. The molecule has 0 bridgehead atoms. The molecule has 0 radical (unpaired) electrons. The first-order chi connectivity index (χ1) is 15.6. The van der Waals surface area contributed by atoms with Crippen LogP contribution in [0, 0.1) is 0 Å². The highest BCUT2D eigenvalue weighted by molar-refractivity contribution is 6.31. The fourth-order valence-electron chi connectivity index (χ4n) is 4.74. The van der Waals surface area contributed by atoms with E-state index < -0.39 is 0 Å². The highest BCUT2D eigenvalue weighted by Gasteiger charge is 2.26. The summed E-state index contributed by atoms with van der Waals surface area (Å²) in [5.74, 6) is 1.54. The number of likely N-dealkylation sites (tertiary alicyclic amines) is 1. The Labute approximate surface area is 193 Å². The highest BCUT2D eigenvalue weighted by atomic mass is 35.5. The van der Waals surface area contributed by atoms with Crippen LogP contribution in [0.2, 0.25) is 5.02 Å². The number of ether oxygens (including phenoxy) is 2.